The summed E-state index contributed by atoms with van der Waals surface area (Å²) in [6.45, 7) is 23.2. The zero-order chi connectivity index (χ0) is 32.6. The van der Waals surface area contributed by atoms with Crippen molar-refractivity contribution in [2.75, 3.05) is 13.2 Å². The van der Waals surface area contributed by atoms with Crippen LogP contribution in [0.4, 0.5) is 0 Å². The normalized spacial score (nSPS) is 23.4. The van der Waals surface area contributed by atoms with E-state index in [1.54, 1.807) is 0 Å². The minimum Gasteiger partial charge on any atom is -0.508 e. The van der Waals surface area contributed by atoms with E-state index in [2.05, 4.69) is 141 Å². The lowest BCUT2D eigenvalue weighted by Crippen LogP contribution is -2.66. The Morgan fingerprint density at radius 3 is 1.95 bits per heavy atom. The number of ether oxygens (including phenoxy) is 1. The van der Waals surface area contributed by atoms with Crippen molar-refractivity contribution in [1.82, 2.24) is 0 Å². The molecule has 3 atom stereocenters. The minimum absolute atomic E-state index is 0.00285. The Morgan fingerprint density at radius 1 is 0.955 bits per heavy atom. The average Bonchev–Trinajstić information content (AvgIpc) is 3.22. The summed E-state index contributed by atoms with van der Waals surface area (Å²) in [6, 6.07) is 21.3. The van der Waals surface area contributed by atoms with E-state index in [9.17, 15) is 9.90 Å². The molecule has 44 heavy (non-hydrogen) atoms. The van der Waals surface area contributed by atoms with E-state index in [1.165, 1.54) is 16.4 Å². The van der Waals surface area contributed by atoms with Crippen molar-refractivity contribution in [3.63, 3.8) is 0 Å². The third-order valence-corrected chi connectivity index (χ3v) is 19.4. The van der Waals surface area contributed by atoms with Crippen molar-refractivity contribution >= 4 is 33.0 Å². The monoisotopic (exact) mass is 632 g/mol. The quantitative estimate of drug-likeness (QED) is 0.173. The average molecular weight is 633 g/mol. The molecule has 0 saturated heterocycles. The highest BCUT2D eigenvalue weighted by Gasteiger charge is 2.54. The van der Waals surface area contributed by atoms with E-state index >= 15 is 0 Å². The predicted octanol–water partition coefficient (Wildman–Crippen LogP) is 7.85. The highest BCUT2D eigenvalue weighted by atomic mass is 28.4. The molecule has 7 heteroatoms. The van der Waals surface area contributed by atoms with Gasteiger partial charge in [-0.25, -0.2) is 4.79 Å². The lowest BCUT2D eigenvalue weighted by molar-refractivity contribution is -0.151. The van der Waals surface area contributed by atoms with Crippen LogP contribution in [-0.2, 0) is 18.4 Å². The van der Waals surface area contributed by atoms with Crippen molar-refractivity contribution in [3.05, 3.63) is 95.8 Å². The number of rotatable bonds is 9. The van der Waals surface area contributed by atoms with Crippen LogP contribution in [0, 0.1) is 11.8 Å². The Morgan fingerprint density at radius 2 is 1.50 bits per heavy atom. The molecule has 0 fully saturated rings. The maximum absolute atomic E-state index is 12.5. The van der Waals surface area contributed by atoms with Gasteiger partial charge in [-0.05, 0) is 52.0 Å². The summed E-state index contributed by atoms with van der Waals surface area (Å²) in [5.74, 6) is -0.814. The third-order valence-electron chi connectivity index (χ3n) is 9.95. The first kappa shape index (κ1) is 34.2. The molecule has 2 aromatic rings. The zero-order valence-corrected chi connectivity index (χ0v) is 30.4. The molecule has 5 nitrogen and oxygen atoms in total. The maximum Gasteiger partial charge on any atom is 0.335 e. The van der Waals surface area contributed by atoms with Crippen LogP contribution in [-0.4, -0.2) is 46.5 Å². The molecule has 1 N–H and O–H groups in total. The first-order chi connectivity index (χ1) is 20.4. The molecule has 2 aliphatic rings. The van der Waals surface area contributed by atoms with Gasteiger partial charge in [0.2, 0.25) is 0 Å². The molecule has 0 bridgehead atoms. The van der Waals surface area contributed by atoms with Crippen molar-refractivity contribution in [2.45, 2.75) is 90.6 Å². The fourth-order valence-corrected chi connectivity index (χ4v) is 11.9. The Balaban J connectivity index is 1.74. The molecule has 1 heterocycles. The molecular weight excluding hydrogens is 581 g/mol. The van der Waals surface area contributed by atoms with Crippen molar-refractivity contribution in [1.29, 1.82) is 0 Å². The summed E-state index contributed by atoms with van der Waals surface area (Å²) in [6.07, 6.45) is 6.00. The van der Waals surface area contributed by atoms with Crippen LogP contribution in [0.25, 0.3) is 0 Å². The summed E-state index contributed by atoms with van der Waals surface area (Å²) in [7, 11) is -4.71. The van der Waals surface area contributed by atoms with E-state index in [1.807, 2.05) is 0 Å². The van der Waals surface area contributed by atoms with Gasteiger partial charge in [0.1, 0.15) is 5.76 Å². The molecule has 1 aliphatic carbocycles. The predicted molar refractivity (Wildman–Crippen MR) is 185 cm³/mol. The molecule has 0 saturated carbocycles. The molecule has 1 spiro atoms. The SMILES string of the molecule is C/C(=C\[C@@H]1C=C(CO[Si](c2ccccc2)(c2ccccc2)C(C)(C)C)[C@H](C)C[C@]12OC(=O)C=C2O)CO[Si](C)(C)C(C)(C)C. The number of aliphatic hydroxyl groups is 1. The van der Waals surface area contributed by atoms with E-state index in [-0.39, 0.29) is 27.7 Å². The van der Waals surface area contributed by atoms with E-state index < -0.39 is 28.2 Å². The van der Waals surface area contributed by atoms with Gasteiger partial charge in [-0.15, -0.1) is 0 Å². The number of hydrogen-bond donors (Lipinski definition) is 1. The van der Waals surface area contributed by atoms with Crippen LogP contribution in [0.1, 0.15) is 61.8 Å². The topological polar surface area (TPSA) is 65.0 Å². The summed E-state index contributed by atoms with van der Waals surface area (Å²) in [5.41, 5.74) is 1.09. The van der Waals surface area contributed by atoms with E-state index in [0.717, 1.165) is 11.1 Å². The van der Waals surface area contributed by atoms with Crippen molar-refractivity contribution in [2.24, 2.45) is 11.8 Å². The lowest BCUT2D eigenvalue weighted by atomic mass is 9.71. The van der Waals surface area contributed by atoms with Crippen LogP contribution >= 0.6 is 0 Å². The number of esters is 1. The summed E-state index contributed by atoms with van der Waals surface area (Å²) < 4.78 is 19.8. The molecule has 0 aromatic heterocycles. The number of carbonyl (C=O) groups is 1. The van der Waals surface area contributed by atoms with Gasteiger partial charge >= 0.3 is 5.97 Å². The summed E-state index contributed by atoms with van der Waals surface area (Å²) >= 11 is 0. The first-order valence-electron chi connectivity index (χ1n) is 15.8. The highest BCUT2D eigenvalue weighted by molar-refractivity contribution is 6.99. The van der Waals surface area contributed by atoms with Crippen molar-refractivity contribution < 1.29 is 23.5 Å². The van der Waals surface area contributed by atoms with Crippen LogP contribution in [0.5, 0.6) is 0 Å². The second-order valence-corrected chi connectivity index (χ2v) is 24.3. The van der Waals surface area contributed by atoms with Crippen LogP contribution in [0.2, 0.25) is 23.2 Å². The Kier molecular flexibility index (Phi) is 9.77. The lowest BCUT2D eigenvalue weighted by Gasteiger charge is -2.45. The second kappa shape index (κ2) is 12.6. The highest BCUT2D eigenvalue weighted by Crippen LogP contribution is 2.47. The smallest absolute Gasteiger partial charge is 0.335 e. The van der Waals surface area contributed by atoms with Gasteiger partial charge in [-0.1, -0.05) is 127 Å². The molecule has 0 unspecified atom stereocenters. The van der Waals surface area contributed by atoms with Gasteiger partial charge in [-0.3, -0.25) is 0 Å². The minimum atomic E-state index is -2.75. The molecule has 0 amide bonds. The fraction of sp³-hybridized carbons (Fsp3) is 0.486. The standard InChI is InChI=1S/C37H52O5Si2/c1-27(25-40-43(9,10)35(3,4)5)21-30-22-29(28(2)24-37(30)33(38)23-34(39)42-37)26-41-44(36(6,7)8,31-17-13-11-14-18-31)32-19-15-12-16-20-32/h11-23,28,30,38H,24-26H2,1-10H3/b27-21+/t28-,30-,37+/m1/s1. The molecule has 1 aliphatic heterocycles. The Labute approximate surface area is 267 Å². The fourth-order valence-electron chi connectivity index (χ4n) is 6.32. The van der Waals surface area contributed by atoms with Gasteiger partial charge < -0.3 is 18.7 Å². The second-order valence-electron chi connectivity index (χ2n) is 15.2. The number of aliphatic hydroxyl groups excluding tert-OH is 1. The van der Waals surface area contributed by atoms with Gasteiger partial charge in [0, 0.05) is 12.3 Å². The first-order valence-corrected chi connectivity index (χ1v) is 20.7. The molecule has 2 aromatic carbocycles. The van der Waals surface area contributed by atoms with Gasteiger partial charge in [-0.2, -0.15) is 0 Å². The van der Waals surface area contributed by atoms with Gasteiger partial charge in [0.25, 0.3) is 8.32 Å². The van der Waals surface area contributed by atoms with Gasteiger partial charge in [0.15, 0.2) is 13.9 Å². The Hall–Kier alpha value is -2.72. The molecular formula is C37H52O5Si2. The maximum atomic E-state index is 12.5. The number of benzene rings is 2. The van der Waals surface area contributed by atoms with Crippen LogP contribution in [0.3, 0.4) is 0 Å². The summed E-state index contributed by atoms with van der Waals surface area (Å²) in [4.78, 5) is 12.5. The van der Waals surface area contributed by atoms with Gasteiger partial charge in [0.05, 0.1) is 19.3 Å². The molecule has 238 valence electrons. The number of hydrogen-bond acceptors (Lipinski definition) is 5. The summed E-state index contributed by atoms with van der Waals surface area (Å²) in [5, 5.41) is 13.5. The number of carbonyl (C=O) groups excluding carboxylic acids is 1. The third kappa shape index (κ3) is 6.62. The zero-order valence-electron chi connectivity index (χ0n) is 28.4. The molecule has 4 rings (SSSR count). The molecule has 0 radical (unpaired) electrons. The van der Waals surface area contributed by atoms with Crippen molar-refractivity contribution in [3.8, 4) is 0 Å². The van der Waals surface area contributed by atoms with Crippen LogP contribution in [0.15, 0.2) is 95.8 Å². The van der Waals surface area contributed by atoms with E-state index in [4.69, 9.17) is 13.6 Å². The largest absolute Gasteiger partial charge is 0.508 e. The van der Waals surface area contributed by atoms with Crippen LogP contribution < -0.4 is 10.4 Å². The Bertz CT molecular complexity index is 1370. The van der Waals surface area contributed by atoms with E-state index in [0.29, 0.717) is 19.6 Å².